The van der Waals surface area contributed by atoms with E-state index in [1.165, 1.54) is 12.3 Å². The molecule has 0 bridgehead atoms. The van der Waals surface area contributed by atoms with Crippen LogP contribution in [0.2, 0.25) is 5.02 Å². The molecule has 0 atom stereocenters. The number of hydrogen-bond donors (Lipinski definition) is 2. The number of hydrogen-bond acceptors (Lipinski definition) is 3. The van der Waals surface area contributed by atoms with Crippen molar-refractivity contribution in [3.05, 3.63) is 71.4 Å². The Balaban J connectivity index is 2.01. The third-order valence-electron chi connectivity index (χ3n) is 2.51. The van der Waals surface area contributed by atoms with Crippen LogP contribution in [0.15, 0.2) is 60.8 Å². The van der Waals surface area contributed by atoms with Crippen LogP contribution in [0, 0.1) is 0 Å². The number of rotatable bonds is 4. The standard InChI is InChI=1S/C15H12ClNO2/c16-12-7-5-11(6-8-12)14(18)9-10-17-13-3-1-2-4-15(13)19/h1-10,17,19H/b10-9+. The van der Waals surface area contributed by atoms with E-state index in [9.17, 15) is 9.90 Å². The van der Waals surface area contributed by atoms with E-state index in [2.05, 4.69) is 5.32 Å². The van der Waals surface area contributed by atoms with E-state index in [-0.39, 0.29) is 11.5 Å². The molecule has 2 aromatic rings. The molecule has 0 spiro atoms. The number of aromatic hydroxyl groups is 1. The van der Waals surface area contributed by atoms with Crippen LogP contribution in [0.25, 0.3) is 0 Å². The number of carbonyl (C=O) groups is 1. The van der Waals surface area contributed by atoms with Gasteiger partial charge < -0.3 is 10.4 Å². The lowest BCUT2D eigenvalue weighted by atomic mass is 10.1. The van der Waals surface area contributed by atoms with Gasteiger partial charge in [-0.25, -0.2) is 0 Å². The summed E-state index contributed by atoms with van der Waals surface area (Å²) in [6.07, 6.45) is 2.89. The van der Waals surface area contributed by atoms with Crippen molar-refractivity contribution in [3.8, 4) is 5.75 Å². The molecular weight excluding hydrogens is 262 g/mol. The van der Waals surface area contributed by atoms with Crippen LogP contribution in [0.1, 0.15) is 10.4 Å². The molecule has 19 heavy (non-hydrogen) atoms. The highest BCUT2D eigenvalue weighted by Gasteiger charge is 2.01. The predicted molar refractivity (Wildman–Crippen MR) is 76.7 cm³/mol. The fourth-order valence-corrected chi connectivity index (χ4v) is 1.64. The van der Waals surface area contributed by atoms with Gasteiger partial charge >= 0.3 is 0 Å². The summed E-state index contributed by atoms with van der Waals surface area (Å²) in [4.78, 5) is 11.8. The topological polar surface area (TPSA) is 49.3 Å². The van der Waals surface area contributed by atoms with E-state index in [0.717, 1.165) is 0 Å². The SMILES string of the molecule is O=C(/C=C/Nc1ccccc1O)c1ccc(Cl)cc1. The number of carbonyl (C=O) groups excluding carboxylic acids is 1. The van der Waals surface area contributed by atoms with Crippen LogP contribution in [0.5, 0.6) is 5.75 Å². The van der Waals surface area contributed by atoms with Gasteiger partial charge in [0.05, 0.1) is 5.69 Å². The Morgan fingerprint density at radius 1 is 1.11 bits per heavy atom. The maximum absolute atomic E-state index is 11.8. The van der Waals surface area contributed by atoms with E-state index in [4.69, 9.17) is 11.6 Å². The largest absolute Gasteiger partial charge is 0.506 e. The molecule has 0 radical (unpaired) electrons. The van der Waals surface area contributed by atoms with Crippen molar-refractivity contribution >= 4 is 23.1 Å². The molecule has 0 amide bonds. The number of para-hydroxylation sites is 2. The molecule has 2 aromatic carbocycles. The van der Waals surface area contributed by atoms with E-state index in [0.29, 0.717) is 16.3 Å². The number of ketones is 1. The molecule has 0 aromatic heterocycles. The smallest absolute Gasteiger partial charge is 0.187 e. The molecular formula is C15H12ClNO2. The van der Waals surface area contributed by atoms with E-state index in [1.807, 2.05) is 0 Å². The van der Waals surface area contributed by atoms with Gasteiger partial charge in [-0.3, -0.25) is 4.79 Å². The van der Waals surface area contributed by atoms with Crippen LogP contribution < -0.4 is 5.32 Å². The van der Waals surface area contributed by atoms with Crippen LogP contribution in [0.3, 0.4) is 0 Å². The van der Waals surface area contributed by atoms with Crippen molar-refractivity contribution < 1.29 is 9.90 Å². The van der Waals surface area contributed by atoms with Crippen molar-refractivity contribution in [1.29, 1.82) is 0 Å². The molecule has 4 heteroatoms. The maximum atomic E-state index is 11.8. The van der Waals surface area contributed by atoms with Crippen LogP contribution in [0.4, 0.5) is 5.69 Å². The number of anilines is 1. The number of phenolic OH excluding ortho intramolecular Hbond substituents is 1. The lowest BCUT2D eigenvalue weighted by molar-refractivity contribution is 0.104. The van der Waals surface area contributed by atoms with Gasteiger partial charge in [0.1, 0.15) is 5.75 Å². The van der Waals surface area contributed by atoms with Crippen molar-refractivity contribution in [3.63, 3.8) is 0 Å². The summed E-state index contributed by atoms with van der Waals surface area (Å²) in [6.45, 7) is 0. The fraction of sp³-hybridized carbons (Fsp3) is 0. The Bertz CT molecular complexity index is 606. The second kappa shape index (κ2) is 6.07. The molecule has 0 heterocycles. The third-order valence-corrected chi connectivity index (χ3v) is 2.76. The summed E-state index contributed by atoms with van der Waals surface area (Å²) >= 11 is 5.75. The average molecular weight is 274 g/mol. The van der Waals surface area contributed by atoms with Crippen molar-refractivity contribution in [2.45, 2.75) is 0 Å². The average Bonchev–Trinajstić information content (AvgIpc) is 2.41. The van der Waals surface area contributed by atoms with Crippen LogP contribution >= 0.6 is 11.6 Å². The van der Waals surface area contributed by atoms with Crippen molar-refractivity contribution in [1.82, 2.24) is 0 Å². The van der Waals surface area contributed by atoms with Gasteiger partial charge in [-0.05, 0) is 36.4 Å². The van der Waals surface area contributed by atoms with Crippen LogP contribution in [-0.4, -0.2) is 10.9 Å². The van der Waals surface area contributed by atoms with Crippen molar-refractivity contribution in [2.75, 3.05) is 5.32 Å². The number of phenols is 1. The van der Waals surface area contributed by atoms with Crippen molar-refractivity contribution in [2.24, 2.45) is 0 Å². The van der Waals surface area contributed by atoms with Gasteiger partial charge in [-0.15, -0.1) is 0 Å². The lowest BCUT2D eigenvalue weighted by Crippen LogP contribution is -1.96. The molecule has 0 aliphatic carbocycles. The van der Waals surface area contributed by atoms with Gasteiger partial charge in [0.2, 0.25) is 0 Å². The normalized spacial score (nSPS) is 10.6. The first-order valence-electron chi connectivity index (χ1n) is 5.68. The molecule has 0 aliphatic rings. The fourth-order valence-electron chi connectivity index (χ4n) is 1.51. The number of nitrogens with one attached hydrogen (secondary N) is 1. The molecule has 2 rings (SSSR count). The second-order valence-electron chi connectivity index (χ2n) is 3.87. The number of allylic oxidation sites excluding steroid dienone is 1. The minimum Gasteiger partial charge on any atom is -0.506 e. The summed E-state index contributed by atoms with van der Waals surface area (Å²) in [7, 11) is 0. The lowest BCUT2D eigenvalue weighted by Gasteiger charge is -2.02. The first kappa shape index (κ1) is 13.2. The first-order valence-corrected chi connectivity index (χ1v) is 6.05. The summed E-state index contributed by atoms with van der Waals surface area (Å²) < 4.78 is 0. The summed E-state index contributed by atoms with van der Waals surface area (Å²) in [5.41, 5.74) is 1.10. The first-order chi connectivity index (χ1) is 9.16. The highest BCUT2D eigenvalue weighted by molar-refractivity contribution is 6.30. The van der Waals surface area contributed by atoms with E-state index in [1.54, 1.807) is 48.5 Å². The van der Waals surface area contributed by atoms with E-state index < -0.39 is 0 Å². The Hall–Kier alpha value is -2.26. The Morgan fingerprint density at radius 3 is 2.47 bits per heavy atom. The van der Waals surface area contributed by atoms with Crippen LogP contribution in [-0.2, 0) is 0 Å². The third kappa shape index (κ3) is 3.60. The summed E-state index contributed by atoms with van der Waals surface area (Å²) in [5.74, 6) is -0.00863. The number of benzene rings is 2. The second-order valence-corrected chi connectivity index (χ2v) is 4.30. The Morgan fingerprint density at radius 2 is 1.79 bits per heavy atom. The zero-order valence-electron chi connectivity index (χ0n) is 10.0. The molecule has 0 saturated carbocycles. The summed E-state index contributed by atoms with van der Waals surface area (Å²) in [6, 6.07) is 13.5. The quantitative estimate of drug-likeness (QED) is 0.505. The molecule has 3 nitrogen and oxygen atoms in total. The molecule has 0 unspecified atom stereocenters. The Kier molecular flexibility index (Phi) is 4.21. The molecule has 0 fully saturated rings. The molecule has 96 valence electrons. The minimum atomic E-state index is -0.139. The monoisotopic (exact) mass is 273 g/mol. The summed E-state index contributed by atoms with van der Waals surface area (Å²) in [5, 5.41) is 13.0. The van der Waals surface area contributed by atoms with E-state index >= 15 is 0 Å². The highest BCUT2D eigenvalue weighted by Crippen LogP contribution is 2.21. The predicted octanol–water partition coefficient (Wildman–Crippen LogP) is 3.85. The zero-order chi connectivity index (χ0) is 13.7. The zero-order valence-corrected chi connectivity index (χ0v) is 10.8. The molecule has 0 aliphatic heterocycles. The minimum absolute atomic E-state index is 0.131. The van der Waals surface area contributed by atoms with Gasteiger partial charge in [0.25, 0.3) is 0 Å². The van der Waals surface area contributed by atoms with Gasteiger partial charge in [0, 0.05) is 22.9 Å². The Labute approximate surface area is 116 Å². The maximum Gasteiger partial charge on any atom is 0.187 e. The molecule has 0 saturated heterocycles. The highest BCUT2D eigenvalue weighted by atomic mass is 35.5. The molecule has 2 N–H and O–H groups in total. The van der Waals surface area contributed by atoms with Gasteiger partial charge in [-0.2, -0.15) is 0 Å². The van der Waals surface area contributed by atoms with Gasteiger partial charge in [-0.1, -0.05) is 23.7 Å². The van der Waals surface area contributed by atoms with Gasteiger partial charge in [0.15, 0.2) is 5.78 Å². The number of halogens is 1.